The predicted octanol–water partition coefficient (Wildman–Crippen LogP) is 3.60. The molecule has 4 rings (SSSR count). The average molecular weight is 415 g/mol. The lowest BCUT2D eigenvalue weighted by Crippen LogP contribution is -2.45. The number of aromatic nitrogens is 3. The maximum absolute atomic E-state index is 13.8. The molecule has 2 aromatic heterocycles. The Balaban J connectivity index is 1.37. The number of carbonyl (C=O) groups is 2. The lowest BCUT2D eigenvalue weighted by Gasteiger charge is -2.32. The van der Waals surface area contributed by atoms with Crippen molar-refractivity contribution < 1.29 is 19.1 Å². The Morgan fingerprint density at radius 1 is 1.37 bits per heavy atom. The van der Waals surface area contributed by atoms with E-state index in [1.54, 1.807) is 24.0 Å². The van der Waals surface area contributed by atoms with E-state index >= 15 is 0 Å². The smallest absolute Gasteiger partial charge is 0.408 e. The van der Waals surface area contributed by atoms with Gasteiger partial charge in [-0.15, -0.1) is 0 Å². The standard InChI is InChI=1S/C21H26FN5O3/c1-12-3-6-15(22)17(23-12)11-19(28)24-18-10-16(25-26-18)13-4-5-14(9-13)27(20(29)30)21(2)7-8-21/h3,6,10,13-14H,4-5,7-9,11H2,1-2H3,(H,29,30)(H2,24,25,26,28)/t13-,14+/m0/s1. The monoisotopic (exact) mass is 415 g/mol. The minimum atomic E-state index is -0.852. The quantitative estimate of drug-likeness (QED) is 0.667. The van der Waals surface area contributed by atoms with Gasteiger partial charge in [-0.25, -0.2) is 9.18 Å². The first-order valence-electron chi connectivity index (χ1n) is 10.2. The van der Waals surface area contributed by atoms with E-state index in [1.807, 2.05) is 6.92 Å². The van der Waals surface area contributed by atoms with Crippen LogP contribution < -0.4 is 5.32 Å². The number of rotatable bonds is 6. The van der Waals surface area contributed by atoms with Gasteiger partial charge in [0.1, 0.15) is 5.82 Å². The van der Waals surface area contributed by atoms with Crippen LogP contribution in [0.3, 0.4) is 0 Å². The highest BCUT2D eigenvalue weighted by Crippen LogP contribution is 2.47. The van der Waals surface area contributed by atoms with Crippen molar-refractivity contribution in [3.8, 4) is 0 Å². The topological polar surface area (TPSA) is 111 Å². The Morgan fingerprint density at radius 2 is 2.13 bits per heavy atom. The second-order valence-corrected chi connectivity index (χ2v) is 8.63. The van der Waals surface area contributed by atoms with Crippen LogP contribution in [0.1, 0.15) is 62.0 Å². The molecule has 0 saturated heterocycles. The number of carbonyl (C=O) groups excluding carboxylic acids is 1. The van der Waals surface area contributed by atoms with Crippen LogP contribution >= 0.6 is 0 Å². The van der Waals surface area contributed by atoms with Gasteiger partial charge in [0.05, 0.1) is 12.1 Å². The van der Waals surface area contributed by atoms with Crippen molar-refractivity contribution >= 4 is 17.8 Å². The highest BCUT2D eigenvalue weighted by Gasteiger charge is 2.50. The molecule has 0 aromatic carbocycles. The molecule has 0 radical (unpaired) electrons. The highest BCUT2D eigenvalue weighted by molar-refractivity contribution is 5.91. The van der Waals surface area contributed by atoms with Gasteiger partial charge < -0.3 is 10.4 Å². The Hall–Kier alpha value is -2.97. The van der Waals surface area contributed by atoms with Gasteiger partial charge in [-0.2, -0.15) is 5.10 Å². The van der Waals surface area contributed by atoms with Crippen LogP contribution in [0.2, 0.25) is 0 Å². The van der Waals surface area contributed by atoms with Gasteiger partial charge in [0.2, 0.25) is 5.91 Å². The number of nitrogens with zero attached hydrogens (tertiary/aromatic N) is 3. The zero-order valence-electron chi connectivity index (χ0n) is 17.1. The summed E-state index contributed by atoms with van der Waals surface area (Å²) in [4.78, 5) is 29.7. The summed E-state index contributed by atoms with van der Waals surface area (Å²) in [6.07, 6.45) is 3.21. The molecule has 2 fully saturated rings. The number of H-pyrrole nitrogens is 1. The highest BCUT2D eigenvalue weighted by atomic mass is 19.1. The molecule has 3 N–H and O–H groups in total. The summed E-state index contributed by atoms with van der Waals surface area (Å²) in [5.41, 5.74) is 1.40. The molecule has 2 atom stereocenters. The second-order valence-electron chi connectivity index (χ2n) is 8.63. The van der Waals surface area contributed by atoms with Crippen LogP contribution in [0.4, 0.5) is 15.0 Å². The van der Waals surface area contributed by atoms with Gasteiger partial charge in [0, 0.05) is 35.0 Å². The third-order valence-corrected chi connectivity index (χ3v) is 6.22. The number of amides is 2. The first-order valence-corrected chi connectivity index (χ1v) is 10.2. The number of halogens is 1. The summed E-state index contributed by atoms with van der Waals surface area (Å²) >= 11 is 0. The summed E-state index contributed by atoms with van der Waals surface area (Å²) in [6, 6.07) is 4.63. The summed E-state index contributed by atoms with van der Waals surface area (Å²) < 4.78 is 13.8. The molecule has 8 nitrogen and oxygen atoms in total. The summed E-state index contributed by atoms with van der Waals surface area (Å²) in [6.45, 7) is 3.75. The molecule has 2 aliphatic rings. The van der Waals surface area contributed by atoms with E-state index in [2.05, 4.69) is 20.5 Å². The SMILES string of the molecule is Cc1ccc(F)c(CC(=O)Nc2cc([C@H]3CC[C@@H](N(C(=O)O)C4(C)CC4)C3)[nH]n2)n1. The molecule has 2 amide bonds. The first-order chi connectivity index (χ1) is 14.2. The van der Waals surface area contributed by atoms with E-state index in [1.165, 1.54) is 6.07 Å². The van der Waals surface area contributed by atoms with E-state index in [-0.39, 0.29) is 29.6 Å². The molecule has 160 valence electrons. The fourth-order valence-electron chi connectivity index (χ4n) is 4.39. The van der Waals surface area contributed by atoms with E-state index < -0.39 is 17.8 Å². The number of nitrogens with one attached hydrogen (secondary N) is 2. The van der Waals surface area contributed by atoms with Crippen molar-refractivity contribution in [1.29, 1.82) is 0 Å². The van der Waals surface area contributed by atoms with Gasteiger partial charge in [-0.1, -0.05) is 0 Å². The number of aromatic amines is 1. The summed E-state index contributed by atoms with van der Waals surface area (Å²) in [5, 5.41) is 19.4. The number of pyridine rings is 1. The van der Waals surface area contributed by atoms with Gasteiger partial charge in [-0.3, -0.25) is 19.8 Å². The molecular weight excluding hydrogens is 389 g/mol. The second kappa shape index (κ2) is 7.70. The van der Waals surface area contributed by atoms with Crippen LogP contribution in [-0.4, -0.2) is 48.8 Å². The maximum Gasteiger partial charge on any atom is 0.408 e. The minimum absolute atomic E-state index is 0.00305. The Kier molecular flexibility index (Phi) is 5.21. The minimum Gasteiger partial charge on any atom is -0.465 e. The van der Waals surface area contributed by atoms with Gasteiger partial charge in [-0.05, 0) is 58.1 Å². The fraction of sp³-hybridized carbons (Fsp3) is 0.524. The molecule has 9 heteroatoms. The molecule has 2 heterocycles. The third kappa shape index (κ3) is 4.15. The number of hydrogen-bond acceptors (Lipinski definition) is 4. The number of anilines is 1. The molecule has 2 aromatic rings. The van der Waals surface area contributed by atoms with Crippen LogP contribution in [0.15, 0.2) is 18.2 Å². The zero-order chi connectivity index (χ0) is 21.5. The maximum atomic E-state index is 13.8. The molecular formula is C21H26FN5O3. The van der Waals surface area contributed by atoms with Crippen LogP contribution in [0.5, 0.6) is 0 Å². The number of aryl methyl sites for hydroxylation is 1. The van der Waals surface area contributed by atoms with E-state index in [9.17, 15) is 19.1 Å². The summed E-state index contributed by atoms with van der Waals surface area (Å²) in [7, 11) is 0. The first kappa shape index (κ1) is 20.3. The Labute approximate surface area is 173 Å². The summed E-state index contributed by atoms with van der Waals surface area (Å²) in [5.74, 6) is -0.375. The normalized spacial score (nSPS) is 22.0. The number of hydrogen-bond donors (Lipinski definition) is 3. The average Bonchev–Trinajstić information content (AvgIpc) is 3.07. The molecule has 2 aliphatic carbocycles. The van der Waals surface area contributed by atoms with Crippen molar-refractivity contribution in [3.05, 3.63) is 41.1 Å². The van der Waals surface area contributed by atoms with Crippen molar-refractivity contribution in [2.24, 2.45) is 0 Å². The molecule has 0 spiro atoms. The van der Waals surface area contributed by atoms with Gasteiger partial charge in [0.25, 0.3) is 0 Å². The Bertz CT molecular complexity index is 971. The fourth-order valence-corrected chi connectivity index (χ4v) is 4.39. The largest absolute Gasteiger partial charge is 0.465 e. The van der Waals surface area contributed by atoms with Gasteiger partial charge in [0.15, 0.2) is 5.82 Å². The molecule has 0 bridgehead atoms. The van der Waals surface area contributed by atoms with E-state index in [4.69, 9.17) is 0 Å². The molecule has 2 saturated carbocycles. The van der Waals surface area contributed by atoms with Crippen molar-refractivity contribution in [3.63, 3.8) is 0 Å². The Morgan fingerprint density at radius 3 is 2.83 bits per heavy atom. The zero-order valence-corrected chi connectivity index (χ0v) is 17.1. The van der Waals surface area contributed by atoms with Crippen LogP contribution in [0, 0.1) is 12.7 Å². The lowest BCUT2D eigenvalue weighted by molar-refractivity contribution is -0.115. The molecule has 30 heavy (non-hydrogen) atoms. The van der Waals surface area contributed by atoms with Crippen LogP contribution in [0.25, 0.3) is 0 Å². The van der Waals surface area contributed by atoms with Crippen LogP contribution in [-0.2, 0) is 11.2 Å². The number of carboxylic acid groups (broad SMARTS) is 1. The van der Waals surface area contributed by atoms with Crippen molar-refractivity contribution in [1.82, 2.24) is 20.1 Å². The van der Waals surface area contributed by atoms with Crippen molar-refractivity contribution in [2.45, 2.75) is 69.9 Å². The lowest BCUT2D eigenvalue weighted by atomic mass is 10.0. The van der Waals surface area contributed by atoms with E-state index in [0.717, 1.165) is 37.8 Å². The van der Waals surface area contributed by atoms with Gasteiger partial charge >= 0.3 is 6.09 Å². The molecule has 0 unspecified atom stereocenters. The molecule has 0 aliphatic heterocycles. The predicted molar refractivity (Wildman–Crippen MR) is 108 cm³/mol. The van der Waals surface area contributed by atoms with E-state index in [0.29, 0.717) is 11.5 Å². The third-order valence-electron chi connectivity index (χ3n) is 6.22. The van der Waals surface area contributed by atoms with Crippen molar-refractivity contribution in [2.75, 3.05) is 5.32 Å².